The van der Waals surface area contributed by atoms with E-state index in [1.807, 2.05) is 0 Å². The molecule has 0 aromatic heterocycles. The molecule has 114 valence electrons. The first-order valence-electron chi connectivity index (χ1n) is 7.25. The first-order chi connectivity index (χ1) is 10.1. The van der Waals surface area contributed by atoms with E-state index in [4.69, 9.17) is 9.47 Å². The van der Waals surface area contributed by atoms with Crippen molar-refractivity contribution in [1.29, 1.82) is 0 Å². The average molecular weight is 291 g/mol. The van der Waals surface area contributed by atoms with Crippen molar-refractivity contribution in [2.45, 2.75) is 38.7 Å². The van der Waals surface area contributed by atoms with Gasteiger partial charge in [0, 0.05) is 11.8 Å². The topological polar surface area (TPSA) is 64.6 Å². The molecule has 0 radical (unpaired) electrons. The predicted molar refractivity (Wildman–Crippen MR) is 79.1 cm³/mol. The molecule has 0 heterocycles. The number of hydrogen-bond donors (Lipinski definition) is 1. The van der Waals surface area contributed by atoms with Crippen molar-refractivity contribution in [1.82, 2.24) is 0 Å². The maximum absolute atomic E-state index is 12.0. The number of esters is 1. The van der Waals surface area contributed by atoms with Crippen LogP contribution in [0.15, 0.2) is 24.3 Å². The third-order valence-electron chi connectivity index (χ3n) is 3.69. The van der Waals surface area contributed by atoms with Gasteiger partial charge < -0.3 is 14.8 Å². The van der Waals surface area contributed by atoms with Crippen molar-refractivity contribution in [3.05, 3.63) is 24.3 Å². The van der Waals surface area contributed by atoms with Crippen LogP contribution in [0, 0.1) is 5.92 Å². The molecule has 5 heteroatoms. The van der Waals surface area contributed by atoms with Crippen LogP contribution >= 0.6 is 0 Å². The summed E-state index contributed by atoms with van der Waals surface area (Å²) in [7, 11) is 1.56. The predicted octanol–water partition coefficient (Wildman–Crippen LogP) is 2.76. The molecule has 1 aliphatic carbocycles. The molecular formula is C16H21NO4. The van der Waals surface area contributed by atoms with Crippen LogP contribution in [0.5, 0.6) is 5.75 Å². The zero-order valence-electron chi connectivity index (χ0n) is 12.4. The van der Waals surface area contributed by atoms with E-state index in [0.29, 0.717) is 11.4 Å². The zero-order valence-corrected chi connectivity index (χ0v) is 12.4. The van der Waals surface area contributed by atoms with E-state index in [1.54, 1.807) is 38.3 Å². The van der Waals surface area contributed by atoms with Crippen LogP contribution in [0.2, 0.25) is 0 Å². The average Bonchev–Trinajstić information content (AvgIpc) is 3.01. The molecule has 0 unspecified atom stereocenters. The normalized spacial score (nSPS) is 16.3. The molecule has 1 saturated carbocycles. The molecule has 1 aromatic carbocycles. The van der Waals surface area contributed by atoms with Gasteiger partial charge >= 0.3 is 5.97 Å². The molecule has 0 saturated heterocycles. The standard InChI is InChI=1S/C16H21NO4/c1-11(21-16(19)12-6-3-4-7-12)15(18)17-13-8-5-9-14(10-13)20-2/h5,8-12H,3-4,6-7H2,1-2H3,(H,17,18)/t11-/m1/s1. The van der Waals surface area contributed by atoms with E-state index in [1.165, 1.54) is 0 Å². The fraction of sp³-hybridized carbons (Fsp3) is 0.500. The molecule has 21 heavy (non-hydrogen) atoms. The van der Waals surface area contributed by atoms with Crippen molar-refractivity contribution in [2.24, 2.45) is 5.92 Å². The molecule has 1 atom stereocenters. The van der Waals surface area contributed by atoms with Crippen molar-refractivity contribution in [3.63, 3.8) is 0 Å². The highest BCUT2D eigenvalue weighted by Gasteiger charge is 2.27. The molecule has 1 aliphatic rings. The number of nitrogens with one attached hydrogen (secondary N) is 1. The molecule has 0 spiro atoms. The number of rotatable bonds is 5. The highest BCUT2D eigenvalue weighted by Crippen LogP contribution is 2.26. The monoisotopic (exact) mass is 291 g/mol. The van der Waals surface area contributed by atoms with Crippen LogP contribution < -0.4 is 10.1 Å². The Labute approximate surface area is 124 Å². The first kappa shape index (κ1) is 15.4. The van der Waals surface area contributed by atoms with Gasteiger partial charge in [-0.15, -0.1) is 0 Å². The van der Waals surface area contributed by atoms with Gasteiger partial charge in [-0.2, -0.15) is 0 Å². The van der Waals surface area contributed by atoms with Crippen LogP contribution in [-0.4, -0.2) is 25.1 Å². The van der Waals surface area contributed by atoms with Crippen LogP contribution in [0.1, 0.15) is 32.6 Å². The van der Waals surface area contributed by atoms with E-state index < -0.39 is 6.10 Å². The lowest BCUT2D eigenvalue weighted by molar-refractivity contribution is -0.157. The van der Waals surface area contributed by atoms with Crippen molar-refractivity contribution >= 4 is 17.6 Å². The number of ether oxygens (including phenoxy) is 2. The lowest BCUT2D eigenvalue weighted by Gasteiger charge is -2.16. The SMILES string of the molecule is COc1cccc(NC(=O)[C@@H](C)OC(=O)C2CCCC2)c1. The van der Waals surface area contributed by atoms with E-state index in [2.05, 4.69) is 5.32 Å². The van der Waals surface area contributed by atoms with Crippen LogP contribution in [-0.2, 0) is 14.3 Å². The highest BCUT2D eigenvalue weighted by molar-refractivity contribution is 5.95. The van der Waals surface area contributed by atoms with Crippen LogP contribution in [0.3, 0.4) is 0 Å². The zero-order chi connectivity index (χ0) is 15.2. The summed E-state index contributed by atoms with van der Waals surface area (Å²) >= 11 is 0. The Bertz CT molecular complexity index is 509. The number of benzene rings is 1. The van der Waals surface area contributed by atoms with E-state index in [0.717, 1.165) is 25.7 Å². The summed E-state index contributed by atoms with van der Waals surface area (Å²) in [6.45, 7) is 1.59. The Morgan fingerprint density at radius 1 is 1.29 bits per heavy atom. The molecule has 1 fully saturated rings. The second-order valence-corrected chi connectivity index (χ2v) is 5.28. The van der Waals surface area contributed by atoms with Crippen molar-refractivity contribution in [2.75, 3.05) is 12.4 Å². The number of carbonyl (C=O) groups is 2. The molecule has 1 aromatic rings. The van der Waals surface area contributed by atoms with E-state index in [9.17, 15) is 9.59 Å². The summed E-state index contributed by atoms with van der Waals surface area (Å²) in [6, 6.07) is 7.04. The molecular weight excluding hydrogens is 270 g/mol. The minimum absolute atomic E-state index is 0.0444. The lowest BCUT2D eigenvalue weighted by Crippen LogP contribution is -2.31. The summed E-state index contributed by atoms with van der Waals surface area (Å²) in [6.07, 6.45) is 3.05. The molecule has 2 rings (SSSR count). The number of hydrogen-bond acceptors (Lipinski definition) is 4. The van der Waals surface area contributed by atoms with Crippen LogP contribution in [0.4, 0.5) is 5.69 Å². The maximum atomic E-state index is 12.0. The summed E-state index contributed by atoms with van der Waals surface area (Å²) in [5.74, 6) is 0.0101. The Kier molecular flexibility index (Phi) is 5.20. The highest BCUT2D eigenvalue weighted by atomic mass is 16.5. The van der Waals surface area contributed by atoms with Crippen LogP contribution in [0.25, 0.3) is 0 Å². The molecule has 5 nitrogen and oxygen atoms in total. The summed E-state index contributed by atoms with van der Waals surface area (Å²) in [5.41, 5.74) is 0.614. The Morgan fingerprint density at radius 2 is 2.00 bits per heavy atom. The summed E-state index contributed by atoms with van der Waals surface area (Å²) in [4.78, 5) is 23.9. The molecule has 0 bridgehead atoms. The smallest absolute Gasteiger partial charge is 0.309 e. The summed E-state index contributed by atoms with van der Waals surface area (Å²) < 4.78 is 10.3. The molecule has 1 amide bonds. The van der Waals surface area contributed by atoms with Gasteiger partial charge in [0.2, 0.25) is 0 Å². The number of amides is 1. The van der Waals surface area contributed by atoms with Gasteiger partial charge in [0.05, 0.1) is 13.0 Å². The Hall–Kier alpha value is -2.04. The summed E-state index contributed by atoms with van der Waals surface area (Å²) in [5, 5.41) is 2.72. The Morgan fingerprint density at radius 3 is 2.67 bits per heavy atom. The van der Waals surface area contributed by atoms with Gasteiger partial charge in [-0.1, -0.05) is 18.9 Å². The van der Waals surface area contributed by atoms with Gasteiger partial charge in [-0.3, -0.25) is 9.59 Å². The number of anilines is 1. The second kappa shape index (κ2) is 7.11. The van der Waals surface area contributed by atoms with Gasteiger partial charge in [-0.25, -0.2) is 0 Å². The van der Waals surface area contributed by atoms with Crippen molar-refractivity contribution in [3.8, 4) is 5.75 Å². The number of carbonyl (C=O) groups excluding carboxylic acids is 2. The lowest BCUT2D eigenvalue weighted by atomic mass is 10.1. The number of methoxy groups -OCH3 is 1. The van der Waals surface area contributed by atoms with Crippen molar-refractivity contribution < 1.29 is 19.1 Å². The minimum atomic E-state index is -0.802. The van der Waals surface area contributed by atoms with E-state index >= 15 is 0 Å². The first-order valence-corrected chi connectivity index (χ1v) is 7.25. The largest absolute Gasteiger partial charge is 0.497 e. The van der Waals surface area contributed by atoms with E-state index in [-0.39, 0.29) is 17.8 Å². The second-order valence-electron chi connectivity index (χ2n) is 5.28. The van der Waals surface area contributed by atoms with Gasteiger partial charge in [0.15, 0.2) is 6.10 Å². The fourth-order valence-electron chi connectivity index (χ4n) is 2.43. The third-order valence-corrected chi connectivity index (χ3v) is 3.69. The third kappa shape index (κ3) is 4.21. The molecule has 0 aliphatic heterocycles. The van der Waals surface area contributed by atoms with Gasteiger partial charge in [-0.05, 0) is 31.9 Å². The molecule has 1 N–H and O–H groups in total. The maximum Gasteiger partial charge on any atom is 0.309 e. The quantitative estimate of drug-likeness (QED) is 0.847. The van der Waals surface area contributed by atoms with Gasteiger partial charge in [0.25, 0.3) is 5.91 Å². The Balaban J connectivity index is 1.88. The fourth-order valence-corrected chi connectivity index (χ4v) is 2.43. The minimum Gasteiger partial charge on any atom is -0.497 e. The van der Waals surface area contributed by atoms with Gasteiger partial charge in [0.1, 0.15) is 5.75 Å².